The molecule has 1 N–H and O–H groups in total. The zero-order chi connectivity index (χ0) is 13.4. The molecule has 3 nitrogen and oxygen atoms in total. The zero-order valence-corrected chi connectivity index (χ0v) is 12.7. The molecule has 3 rings (SSSR count). The molecule has 0 bridgehead atoms. The first-order chi connectivity index (χ1) is 9.15. The van der Waals surface area contributed by atoms with Crippen molar-refractivity contribution < 1.29 is 0 Å². The fraction of sp³-hybridized carbons (Fsp3) is 0.600. The van der Waals surface area contributed by atoms with Gasteiger partial charge in [0.2, 0.25) is 0 Å². The summed E-state index contributed by atoms with van der Waals surface area (Å²) >= 11 is 1.86. The Balaban J connectivity index is 2.03. The van der Waals surface area contributed by atoms with E-state index in [4.69, 9.17) is 0 Å². The maximum atomic E-state index is 4.47. The Hall–Kier alpha value is -1.16. The lowest BCUT2D eigenvalue weighted by molar-refractivity contribution is 0.509. The second-order valence-electron chi connectivity index (χ2n) is 6.03. The molecule has 0 fully saturated rings. The van der Waals surface area contributed by atoms with Crippen LogP contribution in [0.25, 0.3) is 10.2 Å². The van der Waals surface area contributed by atoms with Crippen LogP contribution in [-0.2, 0) is 12.8 Å². The van der Waals surface area contributed by atoms with Crippen LogP contribution in [0.5, 0.6) is 0 Å². The molecule has 0 radical (unpaired) electrons. The fourth-order valence-corrected chi connectivity index (χ4v) is 4.06. The van der Waals surface area contributed by atoms with Gasteiger partial charge in [0.15, 0.2) is 0 Å². The number of nitrogens with one attached hydrogen (secondary N) is 1. The summed E-state index contributed by atoms with van der Waals surface area (Å²) in [6, 6.07) is 0. The van der Waals surface area contributed by atoms with Gasteiger partial charge in [0.05, 0.1) is 5.39 Å². The van der Waals surface area contributed by atoms with Gasteiger partial charge in [-0.1, -0.05) is 20.8 Å². The highest BCUT2D eigenvalue weighted by atomic mass is 32.1. The van der Waals surface area contributed by atoms with E-state index in [1.807, 2.05) is 11.3 Å². The largest absolute Gasteiger partial charge is 0.369 e. The van der Waals surface area contributed by atoms with Gasteiger partial charge in [0.1, 0.15) is 17.0 Å². The standard InChI is InChI=1S/C15H21N3S/c1-9(2)7-16-14-13-11-5-4-10(3)6-12(11)19-15(13)18-8-17-14/h8-10H,4-7H2,1-3H3,(H,16,17,18). The SMILES string of the molecule is CC(C)CNc1ncnc2sc3c(c12)CCC(C)C3. The summed E-state index contributed by atoms with van der Waals surface area (Å²) in [6.07, 6.45) is 5.37. The summed E-state index contributed by atoms with van der Waals surface area (Å²) in [5.74, 6) is 2.46. The molecule has 1 aliphatic carbocycles. The van der Waals surface area contributed by atoms with Gasteiger partial charge in [-0.15, -0.1) is 11.3 Å². The highest BCUT2D eigenvalue weighted by molar-refractivity contribution is 7.19. The van der Waals surface area contributed by atoms with E-state index >= 15 is 0 Å². The van der Waals surface area contributed by atoms with Gasteiger partial charge < -0.3 is 5.32 Å². The van der Waals surface area contributed by atoms with Crippen molar-refractivity contribution in [3.05, 3.63) is 16.8 Å². The third kappa shape index (κ3) is 2.46. The highest BCUT2D eigenvalue weighted by Gasteiger charge is 2.22. The van der Waals surface area contributed by atoms with E-state index in [-0.39, 0.29) is 0 Å². The molecule has 1 atom stereocenters. The molecule has 19 heavy (non-hydrogen) atoms. The van der Waals surface area contributed by atoms with Crippen molar-refractivity contribution in [2.24, 2.45) is 11.8 Å². The average Bonchev–Trinajstić information content (AvgIpc) is 2.73. The second kappa shape index (κ2) is 5.08. The van der Waals surface area contributed by atoms with Crippen molar-refractivity contribution in [1.82, 2.24) is 9.97 Å². The van der Waals surface area contributed by atoms with Crippen molar-refractivity contribution in [2.45, 2.75) is 40.0 Å². The molecule has 2 heterocycles. The normalized spacial score (nSPS) is 18.8. The third-order valence-electron chi connectivity index (χ3n) is 3.77. The second-order valence-corrected chi connectivity index (χ2v) is 7.11. The van der Waals surface area contributed by atoms with Crippen molar-refractivity contribution >= 4 is 27.4 Å². The highest BCUT2D eigenvalue weighted by Crippen LogP contribution is 2.39. The molecule has 0 spiro atoms. The Kier molecular flexibility index (Phi) is 3.44. The van der Waals surface area contributed by atoms with Crippen LogP contribution in [-0.4, -0.2) is 16.5 Å². The monoisotopic (exact) mass is 275 g/mol. The Morgan fingerprint density at radius 2 is 2.26 bits per heavy atom. The summed E-state index contributed by atoms with van der Waals surface area (Å²) in [4.78, 5) is 11.6. The number of hydrogen-bond acceptors (Lipinski definition) is 4. The summed E-state index contributed by atoms with van der Waals surface area (Å²) in [7, 11) is 0. The number of nitrogens with zero attached hydrogens (tertiary/aromatic N) is 2. The number of aromatic nitrogens is 2. The summed E-state index contributed by atoms with van der Waals surface area (Å²) < 4.78 is 0. The molecule has 4 heteroatoms. The first-order valence-corrected chi connectivity index (χ1v) is 7.96. The van der Waals surface area contributed by atoms with Gasteiger partial charge in [0, 0.05) is 11.4 Å². The Labute approximate surface area is 118 Å². The van der Waals surface area contributed by atoms with Gasteiger partial charge >= 0.3 is 0 Å². The number of fused-ring (bicyclic) bond motifs is 3. The first-order valence-electron chi connectivity index (χ1n) is 7.14. The predicted octanol–water partition coefficient (Wildman–Crippen LogP) is 3.88. The van der Waals surface area contributed by atoms with Gasteiger partial charge in [-0.3, -0.25) is 0 Å². The maximum absolute atomic E-state index is 4.47. The van der Waals surface area contributed by atoms with E-state index in [1.54, 1.807) is 6.33 Å². The van der Waals surface area contributed by atoms with Crippen molar-refractivity contribution in [1.29, 1.82) is 0 Å². The minimum Gasteiger partial charge on any atom is -0.369 e. The number of rotatable bonds is 3. The maximum Gasteiger partial charge on any atom is 0.138 e. The van der Waals surface area contributed by atoms with Crippen LogP contribution in [0, 0.1) is 11.8 Å². The van der Waals surface area contributed by atoms with Crippen LogP contribution >= 0.6 is 11.3 Å². The van der Waals surface area contributed by atoms with E-state index in [9.17, 15) is 0 Å². The van der Waals surface area contributed by atoms with Crippen LogP contribution in [0.4, 0.5) is 5.82 Å². The molecule has 0 saturated carbocycles. The number of thiophene rings is 1. The van der Waals surface area contributed by atoms with Crippen LogP contribution in [0.15, 0.2) is 6.33 Å². The van der Waals surface area contributed by atoms with Crippen LogP contribution in [0.1, 0.15) is 37.6 Å². The topological polar surface area (TPSA) is 37.8 Å². The smallest absolute Gasteiger partial charge is 0.138 e. The van der Waals surface area contributed by atoms with Gasteiger partial charge in [-0.2, -0.15) is 0 Å². The summed E-state index contributed by atoms with van der Waals surface area (Å²) in [5, 5.41) is 4.78. The first kappa shape index (κ1) is 12.9. The molecule has 0 aliphatic heterocycles. The molecule has 0 amide bonds. The van der Waals surface area contributed by atoms with Crippen molar-refractivity contribution in [2.75, 3.05) is 11.9 Å². The van der Waals surface area contributed by atoms with Crippen LogP contribution in [0.2, 0.25) is 0 Å². The van der Waals surface area contributed by atoms with Gasteiger partial charge in [0.25, 0.3) is 0 Å². The predicted molar refractivity (Wildman–Crippen MR) is 81.9 cm³/mol. The zero-order valence-electron chi connectivity index (χ0n) is 11.9. The molecule has 1 aliphatic rings. The summed E-state index contributed by atoms with van der Waals surface area (Å²) in [5.41, 5.74) is 1.50. The minimum absolute atomic E-state index is 0.625. The lowest BCUT2D eigenvalue weighted by Gasteiger charge is -2.18. The lowest BCUT2D eigenvalue weighted by Crippen LogP contribution is -2.11. The molecule has 0 aromatic carbocycles. The van der Waals surface area contributed by atoms with Crippen molar-refractivity contribution in [3.63, 3.8) is 0 Å². The van der Waals surface area contributed by atoms with Gasteiger partial charge in [-0.25, -0.2) is 9.97 Å². The van der Waals surface area contributed by atoms with Crippen LogP contribution in [0.3, 0.4) is 0 Å². The van der Waals surface area contributed by atoms with Crippen molar-refractivity contribution in [3.8, 4) is 0 Å². The lowest BCUT2D eigenvalue weighted by atomic mass is 9.89. The third-order valence-corrected chi connectivity index (χ3v) is 4.93. The fourth-order valence-electron chi connectivity index (χ4n) is 2.71. The quantitative estimate of drug-likeness (QED) is 0.923. The van der Waals surface area contributed by atoms with E-state index < -0.39 is 0 Å². The molecular formula is C15H21N3S. The van der Waals surface area contributed by atoms with Gasteiger partial charge in [-0.05, 0) is 36.7 Å². The molecular weight excluding hydrogens is 254 g/mol. The molecule has 0 saturated heterocycles. The van der Waals surface area contributed by atoms with E-state index in [0.717, 1.165) is 23.1 Å². The Morgan fingerprint density at radius 1 is 1.42 bits per heavy atom. The number of anilines is 1. The average molecular weight is 275 g/mol. The molecule has 2 aromatic rings. The Bertz CT molecular complexity index is 588. The van der Waals surface area contributed by atoms with E-state index in [0.29, 0.717) is 5.92 Å². The van der Waals surface area contributed by atoms with E-state index in [1.165, 1.54) is 35.1 Å². The molecule has 1 unspecified atom stereocenters. The number of aryl methyl sites for hydroxylation is 1. The Morgan fingerprint density at radius 3 is 3.05 bits per heavy atom. The summed E-state index contributed by atoms with van der Waals surface area (Å²) in [6.45, 7) is 7.75. The number of hydrogen-bond donors (Lipinski definition) is 1. The molecule has 2 aromatic heterocycles. The molecule has 102 valence electrons. The van der Waals surface area contributed by atoms with Crippen LogP contribution < -0.4 is 5.32 Å². The minimum atomic E-state index is 0.625. The van der Waals surface area contributed by atoms with E-state index in [2.05, 4.69) is 36.1 Å².